The van der Waals surface area contributed by atoms with Crippen LogP contribution in [0, 0.1) is 13.7 Å². The molecule has 1 rings (SSSR count). The lowest BCUT2D eigenvalue weighted by Gasteiger charge is -2.07. The van der Waals surface area contributed by atoms with Crippen LogP contribution < -0.4 is 0 Å². The van der Waals surface area contributed by atoms with Crippen molar-refractivity contribution in [3.63, 3.8) is 0 Å². The zero-order valence-corrected chi connectivity index (χ0v) is 11.2. The number of nitro benzene ring substituents is 1. The van der Waals surface area contributed by atoms with Crippen LogP contribution in [0.15, 0.2) is 23.1 Å². The first kappa shape index (κ1) is 13.2. The zero-order chi connectivity index (χ0) is 12.3. The lowest BCUT2D eigenvalue weighted by Crippen LogP contribution is -2.11. The van der Waals surface area contributed by atoms with Gasteiger partial charge < -0.3 is 5.11 Å². The fraction of sp³-hybridized carbons (Fsp3) is 0.222. The Balaban J connectivity index is 2.91. The van der Waals surface area contributed by atoms with E-state index in [0.29, 0.717) is 3.57 Å². The molecule has 16 heavy (non-hydrogen) atoms. The van der Waals surface area contributed by atoms with Crippen LogP contribution in [-0.4, -0.2) is 21.2 Å². The second kappa shape index (κ2) is 5.48. The Morgan fingerprint density at radius 1 is 1.62 bits per heavy atom. The van der Waals surface area contributed by atoms with Crippen molar-refractivity contribution in [2.75, 3.05) is 0 Å². The van der Waals surface area contributed by atoms with Crippen molar-refractivity contribution in [3.05, 3.63) is 31.9 Å². The largest absolute Gasteiger partial charge is 0.480 e. The molecule has 86 valence electrons. The highest BCUT2D eigenvalue weighted by atomic mass is 127. The molecule has 5 nitrogen and oxygen atoms in total. The lowest BCUT2D eigenvalue weighted by atomic mass is 10.3. The molecule has 0 aliphatic carbocycles. The number of aliphatic carboxylic acids is 1. The Morgan fingerprint density at radius 2 is 2.25 bits per heavy atom. The van der Waals surface area contributed by atoms with Gasteiger partial charge in [0.2, 0.25) is 0 Å². The highest BCUT2D eigenvalue weighted by Crippen LogP contribution is 2.30. The molecule has 0 saturated carbocycles. The van der Waals surface area contributed by atoms with Gasteiger partial charge in [-0.3, -0.25) is 14.9 Å². The number of benzene rings is 1. The van der Waals surface area contributed by atoms with Crippen LogP contribution in [0.2, 0.25) is 0 Å². The predicted octanol–water partition coefficient (Wildman–Crippen LogP) is 2.76. The third-order valence-corrected chi connectivity index (χ3v) is 4.20. The Hall–Kier alpha value is -0.830. The summed E-state index contributed by atoms with van der Waals surface area (Å²) in [6, 6.07) is 4.38. The second-order valence-electron chi connectivity index (χ2n) is 2.97. The Kier molecular flexibility index (Phi) is 4.54. The summed E-state index contributed by atoms with van der Waals surface area (Å²) in [7, 11) is 0. The van der Waals surface area contributed by atoms with Gasteiger partial charge in [0.05, 0.1) is 4.92 Å². The van der Waals surface area contributed by atoms with Crippen LogP contribution in [0.5, 0.6) is 0 Å². The second-order valence-corrected chi connectivity index (χ2v) is 5.51. The van der Waals surface area contributed by atoms with Gasteiger partial charge in [0.1, 0.15) is 5.25 Å². The van der Waals surface area contributed by atoms with Crippen LogP contribution in [0.25, 0.3) is 0 Å². The molecule has 0 saturated heterocycles. The van der Waals surface area contributed by atoms with Crippen LogP contribution in [0.4, 0.5) is 5.69 Å². The summed E-state index contributed by atoms with van der Waals surface area (Å²) in [5.41, 5.74) is 0.0109. The number of carboxylic acids is 1. The maximum absolute atomic E-state index is 10.7. The van der Waals surface area contributed by atoms with E-state index in [1.54, 1.807) is 13.0 Å². The van der Waals surface area contributed by atoms with Crippen molar-refractivity contribution >= 4 is 46.0 Å². The first-order chi connectivity index (χ1) is 7.41. The van der Waals surface area contributed by atoms with Gasteiger partial charge in [0.25, 0.3) is 5.69 Å². The van der Waals surface area contributed by atoms with Crippen LogP contribution >= 0.6 is 34.4 Å². The third-order valence-electron chi connectivity index (χ3n) is 1.78. The molecular formula is C9H8INO4S. The van der Waals surface area contributed by atoms with Gasteiger partial charge in [-0.15, -0.1) is 11.8 Å². The van der Waals surface area contributed by atoms with E-state index in [-0.39, 0.29) is 5.69 Å². The number of hydrogen-bond donors (Lipinski definition) is 1. The molecule has 0 fully saturated rings. The Labute approximate surface area is 110 Å². The van der Waals surface area contributed by atoms with E-state index in [2.05, 4.69) is 0 Å². The number of carboxylic acid groups (broad SMARTS) is 1. The van der Waals surface area contributed by atoms with E-state index in [0.717, 1.165) is 4.90 Å². The maximum Gasteiger partial charge on any atom is 0.316 e. The van der Waals surface area contributed by atoms with Gasteiger partial charge in [0.15, 0.2) is 0 Å². The van der Waals surface area contributed by atoms with E-state index in [9.17, 15) is 14.9 Å². The zero-order valence-electron chi connectivity index (χ0n) is 8.21. The van der Waals surface area contributed by atoms with Gasteiger partial charge in [-0.05, 0) is 35.6 Å². The summed E-state index contributed by atoms with van der Waals surface area (Å²) >= 11 is 3.13. The number of hydrogen-bond acceptors (Lipinski definition) is 4. The van der Waals surface area contributed by atoms with Crippen molar-refractivity contribution in [2.45, 2.75) is 17.1 Å². The van der Waals surface area contributed by atoms with Gasteiger partial charge in [0, 0.05) is 20.6 Å². The molecular weight excluding hydrogens is 345 g/mol. The molecule has 0 aliphatic heterocycles. The van der Waals surface area contributed by atoms with E-state index >= 15 is 0 Å². The van der Waals surface area contributed by atoms with E-state index < -0.39 is 16.1 Å². The normalized spacial score (nSPS) is 12.1. The molecule has 0 radical (unpaired) electrons. The van der Waals surface area contributed by atoms with Gasteiger partial charge >= 0.3 is 5.97 Å². The van der Waals surface area contributed by atoms with E-state index in [4.69, 9.17) is 5.11 Å². The number of nitrogens with zero attached hydrogens (tertiary/aromatic N) is 1. The van der Waals surface area contributed by atoms with Crippen molar-refractivity contribution in [1.82, 2.24) is 0 Å². The minimum Gasteiger partial charge on any atom is -0.480 e. The number of thioether (sulfide) groups is 1. The third kappa shape index (κ3) is 3.34. The summed E-state index contributed by atoms with van der Waals surface area (Å²) in [6.45, 7) is 1.57. The van der Waals surface area contributed by atoms with Crippen LogP contribution in [0.3, 0.4) is 0 Å². The summed E-state index contributed by atoms with van der Waals surface area (Å²) in [5.74, 6) is -0.904. The fourth-order valence-electron chi connectivity index (χ4n) is 0.940. The molecule has 0 spiro atoms. The fourth-order valence-corrected chi connectivity index (χ4v) is 2.62. The summed E-state index contributed by atoms with van der Waals surface area (Å²) < 4.78 is 0.685. The quantitative estimate of drug-likeness (QED) is 0.390. The number of halogens is 1. The molecule has 1 N–H and O–H groups in total. The van der Waals surface area contributed by atoms with Gasteiger partial charge in [-0.2, -0.15) is 0 Å². The molecule has 0 aromatic heterocycles. The topological polar surface area (TPSA) is 80.4 Å². The average Bonchev–Trinajstić information content (AvgIpc) is 2.20. The summed E-state index contributed by atoms with van der Waals surface area (Å²) in [5, 5.41) is 18.7. The van der Waals surface area contributed by atoms with Crippen molar-refractivity contribution in [2.24, 2.45) is 0 Å². The minimum atomic E-state index is -0.904. The molecule has 1 atom stereocenters. The monoisotopic (exact) mass is 353 g/mol. The van der Waals surface area contributed by atoms with Crippen molar-refractivity contribution in [1.29, 1.82) is 0 Å². The molecule has 0 bridgehead atoms. The van der Waals surface area contributed by atoms with Crippen molar-refractivity contribution < 1.29 is 14.8 Å². The van der Waals surface area contributed by atoms with Gasteiger partial charge in [-0.25, -0.2) is 0 Å². The minimum absolute atomic E-state index is 0.0109. The Morgan fingerprint density at radius 3 is 2.69 bits per heavy atom. The molecule has 0 aliphatic rings. The average molecular weight is 353 g/mol. The lowest BCUT2D eigenvalue weighted by molar-refractivity contribution is -0.385. The number of non-ortho nitro benzene ring substituents is 1. The molecule has 7 heteroatoms. The highest BCUT2D eigenvalue weighted by molar-refractivity contribution is 14.1. The van der Waals surface area contributed by atoms with Crippen LogP contribution in [0.1, 0.15) is 6.92 Å². The van der Waals surface area contributed by atoms with Crippen LogP contribution in [-0.2, 0) is 4.79 Å². The number of nitro groups is 1. The molecule has 1 aromatic rings. The van der Waals surface area contributed by atoms with Crippen molar-refractivity contribution in [3.8, 4) is 0 Å². The highest BCUT2D eigenvalue weighted by Gasteiger charge is 2.16. The molecule has 0 amide bonds. The SMILES string of the molecule is CC(Sc1ccc([N+](=O)[O-])cc1I)C(=O)O. The van der Waals surface area contributed by atoms with E-state index in [1.807, 2.05) is 22.6 Å². The number of rotatable bonds is 4. The summed E-state index contributed by atoms with van der Waals surface area (Å²) in [6.07, 6.45) is 0. The number of carbonyl (C=O) groups is 1. The maximum atomic E-state index is 10.7. The first-order valence-corrected chi connectivity index (χ1v) is 6.21. The molecule has 1 aromatic carbocycles. The van der Waals surface area contributed by atoms with E-state index in [1.165, 1.54) is 23.9 Å². The standard InChI is InChI=1S/C9H8INO4S/c1-5(9(12)13)16-8-3-2-6(11(14)15)4-7(8)10/h2-5H,1H3,(H,12,13). The molecule has 1 unspecified atom stereocenters. The summed E-state index contributed by atoms with van der Waals surface area (Å²) in [4.78, 5) is 21.4. The van der Waals surface area contributed by atoms with Gasteiger partial charge in [-0.1, -0.05) is 0 Å². The first-order valence-electron chi connectivity index (χ1n) is 4.25. The Bertz CT molecular complexity index is 438. The molecule has 0 heterocycles. The smallest absolute Gasteiger partial charge is 0.316 e. The predicted molar refractivity (Wildman–Crippen MR) is 68.8 cm³/mol.